The van der Waals surface area contributed by atoms with Crippen molar-refractivity contribution < 1.29 is 40.7 Å². The number of ether oxygens (including phenoxy) is 2. The van der Waals surface area contributed by atoms with E-state index < -0.39 is 39.6 Å². The molecule has 178 valence electrons. The Hall–Kier alpha value is -2.92. The van der Waals surface area contributed by atoms with Gasteiger partial charge in [-0.05, 0) is 62.2 Å². The van der Waals surface area contributed by atoms with Gasteiger partial charge in [0, 0.05) is 13.1 Å². The van der Waals surface area contributed by atoms with Crippen LogP contribution < -0.4 is 4.74 Å². The highest BCUT2D eigenvalue weighted by atomic mass is 32.2. The van der Waals surface area contributed by atoms with Crippen LogP contribution in [0.2, 0.25) is 0 Å². The highest BCUT2D eigenvalue weighted by Gasteiger charge is 2.34. The SMILES string of the molecule is CCOC(=O)c1ccc(S(=O)(=O)N2CCC(C(=O)Oc3cccc(C(F)(F)F)c3)CC2)cc1. The van der Waals surface area contributed by atoms with Gasteiger partial charge in [-0.1, -0.05) is 6.07 Å². The van der Waals surface area contributed by atoms with Gasteiger partial charge in [0.25, 0.3) is 0 Å². The number of benzene rings is 2. The third-order valence-corrected chi connectivity index (χ3v) is 7.08. The summed E-state index contributed by atoms with van der Waals surface area (Å²) in [5, 5.41) is 0. The molecule has 0 aliphatic carbocycles. The van der Waals surface area contributed by atoms with Gasteiger partial charge >= 0.3 is 18.1 Å². The van der Waals surface area contributed by atoms with Crippen molar-refractivity contribution in [1.29, 1.82) is 0 Å². The zero-order chi connectivity index (χ0) is 24.2. The summed E-state index contributed by atoms with van der Waals surface area (Å²) in [6.07, 6.45) is -4.23. The molecule has 33 heavy (non-hydrogen) atoms. The topological polar surface area (TPSA) is 90.0 Å². The van der Waals surface area contributed by atoms with E-state index in [4.69, 9.17) is 9.47 Å². The van der Waals surface area contributed by atoms with Crippen LogP contribution in [0.5, 0.6) is 5.75 Å². The van der Waals surface area contributed by atoms with E-state index in [0.29, 0.717) is 0 Å². The Balaban J connectivity index is 1.61. The van der Waals surface area contributed by atoms with Crippen LogP contribution in [0.3, 0.4) is 0 Å². The van der Waals surface area contributed by atoms with Gasteiger partial charge in [0.15, 0.2) is 0 Å². The molecule has 2 aromatic carbocycles. The molecule has 1 heterocycles. The maximum absolute atomic E-state index is 12.9. The van der Waals surface area contributed by atoms with E-state index in [1.165, 1.54) is 34.6 Å². The first-order valence-electron chi connectivity index (χ1n) is 10.2. The van der Waals surface area contributed by atoms with Gasteiger partial charge in [-0.2, -0.15) is 17.5 Å². The third-order valence-electron chi connectivity index (χ3n) is 5.17. The van der Waals surface area contributed by atoms with Crippen molar-refractivity contribution >= 4 is 22.0 Å². The van der Waals surface area contributed by atoms with Gasteiger partial charge in [-0.25, -0.2) is 13.2 Å². The van der Waals surface area contributed by atoms with Crippen molar-refractivity contribution in [3.05, 3.63) is 59.7 Å². The lowest BCUT2D eigenvalue weighted by atomic mass is 9.98. The monoisotopic (exact) mass is 485 g/mol. The molecule has 11 heteroatoms. The lowest BCUT2D eigenvalue weighted by molar-refractivity contribution is -0.141. The van der Waals surface area contributed by atoms with Crippen LogP contribution >= 0.6 is 0 Å². The van der Waals surface area contributed by atoms with Crippen LogP contribution in [-0.2, 0) is 25.7 Å². The molecule has 0 saturated carbocycles. The summed E-state index contributed by atoms with van der Waals surface area (Å²) in [5.74, 6) is -2.12. The highest BCUT2D eigenvalue weighted by molar-refractivity contribution is 7.89. The Kier molecular flexibility index (Phi) is 7.43. The number of alkyl halides is 3. The Bertz CT molecular complexity index is 1110. The molecule has 0 N–H and O–H groups in total. The fraction of sp³-hybridized carbons (Fsp3) is 0.364. The van der Waals surface area contributed by atoms with Gasteiger partial charge in [0.05, 0.1) is 28.5 Å². The van der Waals surface area contributed by atoms with E-state index in [-0.39, 0.29) is 48.7 Å². The minimum atomic E-state index is -4.56. The van der Waals surface area contributed by atoms with Crippen molar-refractivity contribution in [1.82, 2.24) is 4.31 Å². The lowest BCUT2D eigenvalue weighted by Crippen LogP contribution is -2.41. The average molecular weight is 485 g/mol. The number of nitrogens with zero attached hydrogens (tertiary/aromatic N) is 1. The molecule has 0 bridgehead atoms. The van der Waals surface area contributed by atoms with Gasteiger partial charge < -0.3 is 9.47 Å². The summed E-state index contributed by atoms with van der Waals surface area (Å²) in [4.78, 5) is 24.1. The smallest absolute Gasteiger partial charge is 0.416 e. The molecule has 0 spiro atoms. The number of piperidine rings is 1. The van der Waals surface area contributed by atoms with E-state index in [2.05, 4.69) is 0 Å². The molecule has 0 atom stereocenters. The van der Waals surface area contributed by atoms with Crippen molar-refractivity contribution in [3.8, 4) is 5.75 Å². The van der Waals surface area contributed by atoms with Crippen LogP contribution in [-0.4, -0.2) is 44.4 Å². The number of hydrogen-bond acceptors (Lipinski definition) is 6. The van der Waals surface area contributed by atoms with Gasteiger partial charge in [-0.15, -0.1) is 0 Å². The first kappa shape index (κ1) is 24.7. The number of sulfonamides is 1. The molecule has 0 amide bonds. The van der Waals surface area contributed by atoms with E-state index in [0.717, 1.165) is 18.2 Å². The number of carbonyl (C=O) groups is 2. The molecule has 7 nitrogen and oxygen atoms in total. The fourth-order valence-corrected chi connectivity index (χ4v) is 4.86. The fourth-order valence-electron chi connectivity index (χ4n) is 3.39. The van der Waals surface area contributed by atoms with Gasteiger partial charge in [0.1, 0.15) is 5.75 Å². The summed E-state index contributed by atoms with van der Waals surface area (Å²) in [6, 6.07) is 9.39. The minimum absolute atomic E-state index is 0.000501. The van der Waals surface area contributed by atoms with Crippen LogP contribution in [0.1, 0.15) is 35.7 Å². The average Bonchev–Trinajstić information content (AvgIpc) is 2.79. The quantitative estimate of drug-likeness (QED) is 0.456. The van der Waals surface area contributed by atoms with Gasteiger partial charge in [0.2, 0.25) is 10.0 Å². The van der Waals surface area contributed by atoms with E-state index in [1.807, 2.05) is 0 Å². The zero-order valence-electron chi connectivity index (χ0n) is 17.7. The molecular weight excluding hydrogens is 463 g/mol. The number of esters is 2. The minimum Gasteiger partial charge on any atom is -0.462 e. The summed E-state index contributed by atoms with van der Waals surface area (Å²) < 4.78 is 75.4. The standard InChI is InChI=1S/C22H22F3NO6S/c1-2-31-20(27)15-6-8-19(9-7-15)33(29,30)26-12-10-16(11-13-26)21(28)32-18-5-3-4-17(14-18)22(23,24)25/h3-9,14,16H,2,10-13H2,1H3. The van der Waals surface area contributed by atoms with Crippen molar-refractivity contribution in [2.45, 2.75) is 30.8 Å². The zero-order valence-corrected chi connectivity index (χ0v) is 18.5. The molecule has 1 fully saturated rings. The summed E-state index contributed by atoms with van der Waals surface area (Å²) in [5.41, 5.74) is -0.700. The van der Waals surface area contributed by atoms with Crippen LogP contribution in [0, 0.1) is 5.92 Å². The second-order valence-electron chi connectivity index (χ2n) is 7.37. The number of carbonyl (C=O) groups excluding carboxylic acids is 2. The second-order valence-corrected chi connectivity index (χ2v) is 9.31. The molecule has 3 rings (SSSR count). The summed E-state index contributed by atoms with van der Waals surface area (Å²) >= 11 is 0. The van der Waals surface area contributed by atoms with E-state index in [9.17, 15) is 31.2 Å². The largest absolute Gasteiger partial charge is 0.462 e. The molecule has 0 radical (unpaired) electrons. The van der Waals surface area contributed by atoms with Crippen molar-refractivity contribution in [3.63, 3.8) is 0 Å². The predicted molar refractivity (Wildman–Crippen MR) is 111 cm³/mol. The summed E-state index contributed by atoms with van der Waals surface area (Å²) in [6.45, 7) is 1.95. The lowest BCUT2D eigenvalue weighted by Gasteiger charge is -2.30. The third kappa shape index (κ3) is 5.91. The van der Waals surface area contributed by atoms with Crippen molar-refractivity contribution in [2.75, 3.05) is 19.7 Å². The Morgan fingerprint density at radius 2 is 1.70 bits per heavy atom. The molecule has 1 aliphatic rings. The van der Waals surface area contributed by atoms with Crippen LogP contribution in [0.25, 0.3) is 0 Å². The van der Waals surface area contributed by atoms with Crippen LogP contribution in [0.4, 0.5) is 13.2 Å². The Labute approximate surface area is 189 Å². The van der Waals surface area contributed by atoms with Crippen LogP contribution in [0.15, 0.2) is 53.4 Å². The molecule has 1 saturated heterocycles. The maximum Gasteiger partial charge on any atom is 0.416 e. The molecule has 0 aromatic heterocycles. The molecule has 1 aliphatic heterocycles. The number of hydrogen-bond donors (Lipinski definition) is 0. The Morgan fingerprint density at radius 1 is 1.06 bits per heavy atom. The van der Waals surface area contributed by atoms with Crippen molar-refractivity contribution in [2.24, 2.45) is 5.92 Å². The molecular formula is C22H22F3NO6S. The first-order valence-corrected chi connectivity index (χ1v) is 11.6. The van der Waals surface area contributed by atoms with E-state index >= 15 is 0 Å². The molecule has 2 aromatic rings. The normalized spacial score (nSPS) is 15.8. The highest BCUT2D eigenvalue weighted by Crippen LogP contribution is 2.32. The van der Waals surface area contributed by atoms with Gasteiger partial charge in [-0.3, -0.25) is 4.79 Å². The second kappa shape index (κ2) is 9.92. The number of rotatable bonds is 6. The van der Waals surface area contributed by atoms with E-state index in [1.54, 1.807) is 6.92 Å². The predicted octanol–water partition coefficient (Wildman–Crippen LogP) is 3.89. The first-order chi connectivity index (χ1) is 15.5. The maximum atomic E-state index is 12.9. The Morgan fingerprint density at radius 3 is 2.27 bits per heavy atom. The number of halogens is 3. The summed E-state index contributed by atoms with van der Waals surface area (Å²) in [7, 11) is -3.84. The molecule has 0 unspecified atom stereocenters.